The van der Waals surface area contributed by atoms with Crippen LogP contribution >= 0.6 is 0 Å². The standard InChI is InChI=1S/C21H21NO2/c1-21(19-11-7-4-8-12-19)14-13-18(20(23)24-2)16-22(21)15-17-9-5-3-6-10-17/h3-14,16H,15H2,1-2H3/t21-/m1/s1. The van der Waals surface area contributed by atoms with Gasteiger partial charge in [0.1, 0.15) is 0 Å². The molecule has 1 aliphatic heterocycles. The van der Waals surface area contributed by atoms with Crippen molar-refractivity contribution >= 4 is 5.97 Å². The van der Waals surface area contributed by atoms with Gasteiger partial charge in [-0.25, -0.2) is 4.79 Å². The van der Waals surface area contributed by atoms with Gasteiger partial charge in [0.05, 0.1) is 18.2 Å². The van der Waals surface area contributed by atoms with Gasteiger partial charge >= 0.3 is 5.97 Å². The predicted molar refractivity (Wildman–Crippen MR) is 95.0 cm³/mol. The van der Waals surface area contributed by atoms with Crippen molar-refractivity contribution in [3.8, 4) is 0 Å². The quantitative estimate of drug-likeness (QED) is 0.797. The Hall–Kier alpha value is -2.81. The molecule has 1 heterocycles. The molecule has 0 saturated carbocycles. The van der Waals surface area contributed by atoms with E-state index in [0.29, 0.717) is 12.1 Å². The van der Waals surface area contributed by atoms with Crippen LogP contribution in [0.15, 0.2) is 84.6 Å². The van der Waals surface area contributed by atoms with E-state index in [0.717, 1.165) is 0 Å². The Balaban J connectivity index is 2.00. The zero-order chi connectivity index (χ0) is 17.0. The first-order chi connectivity index (χ1) is 11.6. The zero-order valence-electron chi connectivity index (χ0n) is 14.0. The molecule has 3 nitrogen and oxygen atoms in total. The highest BCUT2D eigenvalue weighted by Crippen LogP contribution is 2.35. The molecule has 24 heavy (non-hydrogen) atoms. The van der Waals surface area contributed by atoms with Crippen molar-refractivity contribution in [1.29, 1.82) is 0 Å². The third kappa shape index (κ3) is 3.11. The molecule has 0 N–H and O–H groups in total. The summed E-state index contributed by atoms with van der Waals surface area (Å²) in [6, 6.07) is 20.6. The van der Waals surface area contributed by atoms with Crippen LogP contribution in [0, 0.1) is 0 Å². The SMILES string of the molecule is COC(=O)C1=CN(Cc2ccccc2)[C@@](C)(c2ccccc2)C=C1. The topological polar surface area (TPSA) is 29.5 Å². The Morgan fingerprint density at radius 2 is 1.67 bits per heavy atom. The zero-order valence-corrected chi connectivity index (χ0v) is 14.0. The maximum Gasteiger partial charge on any atom is 0.339 e. The second kappa shape index (κ2) is 6.75. The fourth-order valence-corrected chi connectivity index (χ4v) is 2.96. The largest absolute Gasteiger partial charge is 0.465 e. The van der Waals surface area contributed by atoms with Crippen LogP contribution < -0.4 is 0 Å². The second-order valence-electron chi connectivity index (χ2n) is 6.04. The van der Waals surface area contributed by atoms with Gasteiger partial charge in [0, 0.05) is 12.7 Å². The van der Waals surface area contributed by atoms with E-state index in [1.807, 2.05) is 48.7 Å². The van der Waals surface area contributed by atoms with Crippen LogP contribution in [-0.4, -0.2) is 18.0 Å². The molecule has 0 saturated heterocycles. The fraction of sp³-hybridized carbons (Fsp3) is 0.190. The van der Waals surface area contributed by atoms with Gasteiger partial charge in [0.15, 0.2) is 0 Å². The minimum Gasteiger partial charge on any atom is -0.465 e. The summed E-state index contributed by atoms with van der Waals surface area (Å²) < 4.78 is 4.88. The highest BCUT2D eigenvalue weighted by atomic mass is 16.5. The Morgan fingerprint density at radius 1 is 1.04 bits per heavy atom. The van der Waals surface area contributed by atoms with Gasteiger partial charge in [-0.1, -0.05) is 66.7 Å². The molecule has 0 aliphatic carbocycles. The van der Waals surface area contributed by atoms with Crippen molar-refractivity contribution < 1.29 is 9.53 Å². The summed E-state index contributed by atoms with van der Waals surface area (Å²) in [6.07, 6.45) is 5.81. The average molecular weight is 319 g/mol. The minimum atomic E-state index is -0.325. The van der Waals surface area contributed by atoms with E-state index < -0.39 is 0 Å². The molecule has 1 aliphatic rings. The summed E-state index contributed by atoms with van der Waals surface area (Å²) in [5.41, 5.74) is 2.60. The molecule has 0 aromatic heterocycles. The predicted octanol–water partition coefficient (Wildman–Crippen LogP) is 4.03. The van der Waals surface area contributed by atoms with Crippen molar-refractivity contribution in [2.24, 2.45) is 0 Å². The van der Waals surface area contributed by atoms with Crippen molar-refractivity contribution in [2.75, 3.05) is 7.11 Å². The molecule has 0 bridgehead atoms. The molecule has 3 rings (SSSR count). The van der Waals surface area contributed by atoms with Crippen LogP contribution in [0.2, 0.25) is 0 Å². The van der Waals surface area contributed by atoms with Crippen LogP contribution in [-0.2, 0) is 21.6 Å². The number of rotatable bonds is 4. The number of carbonyl (C=O) groups is 1. The van der Waals surface area contributed by atoms with Crippen LogP contribution in [0.5, 0.6) is 0 Å². The first-order valence-corrected chi connectivity index (χ1v) is 7.99. The Kier molecular flexibility index (Phi) is 4.52. The normalized spacial score (nSPS) is 19.8. The molecular weight excluding hydrogens is 298 g/mol. The van der Waals surface area contributed by atoms with E-state index in [2.05, 4.69) is 42.2 Å². The van der Waals surface area contributed by atoms with E-state index >= 15 is 0 Å². The number of ether oxygens (including phenoxy) is 1. The first kappa shape index (κ1) is 16.1. The Bertz CT molecular complexity index is 765. The van der Waals surface area contributed by atoms with Gasteiger partial charge in [-0.2, -0.15) is 0 Å². The molecule has 0 fully saturated rings. The Labute approximate surface area is 142 Å². The third-order valence-corrected chi connectivity index (χ3v) is 4.45. The van der Waals surface area contributed by atoms with E-state index in [1.54, 1.807) is 0 Å². The number of nitrogens with zero attached hydrogens (tertiary/aromatic N) is 1. The summed E-state index contributed by atoms with van der Waals surface area (Å²) in [4.78, 5) is 14.1. The van der Waals surface area contributed by atoms with Gasteiger partial charge in [-0.05, 0) is 24.1 Å². The van der Waals surface area contributed by atoms with Crippen LogP contribution in [0.25, 0.3) is 0 Å². The lowest BCUT2D eigenvalue weighted by Gasteiger charge is -2.41. The molecule has 0 spiro atoms. The summed E-state index contributed by atoms with van der Waals surface area (Å²) in [7, 11) is 1.41. The summed E-state index contributed by atoms with van der Waals surface area (Å²) >= 11 is 0. The molecule has 1 atom stereocenters. The number of benzene rings is 2. The molecule has 0 radical (unpaired) electrons. The fourth-order valence-electron chi connectivity index (χ4n) is 2.96. The van der Waals surface area contributed by atoms with Crippen LogP contribution in [0.1, 0.15) is 18.1 Å². The van der Waals surface area contributed by atoms with Crippen molar-refractivity contribution in [3.05, 3.63) is 95.7 Å². The van der Waals surface area contributed by atoms with Gasteiger partial charge < -0.3 is 9.64 Å². The van der Waals surface area contributed by atoms with E-state index in [1.165, 1.54) is 18.2 Å². The average Bonchev–Trinajstić information content (AvgIpc) is 2.64. The van der Waals surface area contributed by atoms with E-state index in [9.17, 15) is 4.79 Å². The lowest BCUT2D eigenvalue weighted by Crippen LogP contribution is -2.40. The smallest absolute Gasteiger partial charge is 0.339 e. The monoisotopic (exact) mass is 319 g/mol. The number of hydrogen-bond donors (Lipinski definition) is 0. The number of carbonyl (C=O) groups excluding carboxylic acids is 1. The molecular formula is C21H21NO2. The van der Waals surface area contributed by atoms with Crippen molar-refractivity contribution in [2.45, 2.75) is 19.0 Å². The lowest BCUT2D eigenvalue weighted by molar-refractivity contribution is -0.135. The summed E-state index contributed by atoms with van der Waals surface area (Å²) in [5.74, 6) is -0.320. The minimum absolute atomic E-state index is 0.320. The van der Waals surface area contributed by atoms with Crippen LogP contribution in [0.4, 0.5) is 0 Å². The van der Waals surface area contributed by atoms with Crippen molar-refractivity contribution in [3.63, 3.8) is 0 Å². The Morgan fingerprint density at radius 3 is 2.29 bits per heavy atom. The van der Waals surface area contributed by atoms with Gasteiger partial charge in [0.2, 0.25) is 0 Å². The molecule has 0 unspecified atom stereocenters. The number of hydrogen-bond acceptors (Lipinski definition) is 3. The van der Waals surface area contributed by atoms with E-state index in [4.69, 9.17) is 4.74 Å². The first-order valence-electron chi connectivity index (χ1n) is 7.99. The molecule has 2 aromatic carbocycles. The lowest BCUT2D eigenvalue weighted by atomic mass is 9.86. The molecule has 122 valence electrons. The number of esters is 1. The molecule has 2 aromatic rings. The summed E-state index contributed by atoms with van der Waals surface area (Å²) in [6.45, 7) is 2.86. The van der Waals surface area contributed by atoms with Gasteiger partial charge in [0.25, 0.3) is 0 Å². The van der Waals surface area contributed by atoms with E-state index in [-0.39, 0.29) is 11.5 Å². The maximum absolute atomic E-state index is 11.9. The number of methoxy groups -OCH3 is 1. The highest BCUT2D eigenvalue weighted by molar-refractivity contribution is 5.91. The van der Waals surface area contributed by atoms with Crippen molar-refractivity contribution in [1.82, 2.24) is 4.90 Å². The maximum atomic E-state index is 11.9. The molecule has 3 heteroatoms. The van der Waals surface area contributed by atoms with Gasteiger partial charge in [-0.15, -0.1) is 0 Å². The highest BCUT2D eigenvalue weighted by Gasteiger charge is 2.33. The van der Waals surface area contributed by atoms with Gasteiger partial charge in [-0.3, -0.25) is 0 Å². The second-order valence-corrected chi connectivity index (χ2v) is 6.04. The molecule has 0 amide bonds. The third-order valence-electron chi connectivity index (χ3n) is 4.45. The van der Waals surface area contributed by atoms with Crippen LogP contribution in [0.3, 0.4) is 0 Å². The summed E-state index contributed by atoms with van der Waals surface area (Å²) in [5, 5.41) is 0.